The molecule has 0 radical (unpaired) electrons. The third-order valence-electron chi connectivity index (χ3n) is 1.65. The molecule has 0 saturated heterocycles. The Labute approximate surface area is 100 Å². The lowest BCUT2D eigenvalue weighted by atomic mass is 10.2. The van der Waals surface area contributed by atoms with Crippen LogP contribution in [0.25, 0.3) is 6.08 Å². The van der Waals surface area contributed by atoms with E-state index in [1.54, 1.807) is 12.1 Å². The largest absolute Gasteiger partial charge is 0.495 e. The van der Waals surface area contributed by atoms with Crippen LogP contribution in [-0.4, -0.2) is 18.2 Å². The van der Waals surface area contributed by atoms with Gasteiger partial charge in [-0.15, -0.1) is 0 Å². The van der Waals surface area contributed by atoms with E-state index in [0.29, 0.717) is 20.8 Å². The molecule has 0 aliphatic carbocycles. The maximum atomic E-state index is 10.4. The number of methoxy groups -OCH3 is 1. The van der Waals surface area contributed by atoms with E-state index in [4.69, 9.17) is 21.4 Å². The maximum absolute atomic E-state index is 10.4. The highest BCUT2D eigenvalue weighted by Crippen LogP contribution is 2.33. The molecule has 0 atom stereocenters. The molecule has 0 aliphatic rings. The van der Waals surface area contributed by atoms with Crippen LogP contribution < -0.4 is 4.74 Å². The molecule has 1 rings (SSSR count). The van der Waals surface area contributed by atoms with Crippen LogP contribution in [0.4, 0.5) is 0 Å². The predicted molar refractivity (Wildman–Crippen MR) is 62.4 cm³/mol. The van der Waals surface area contributed by atoms with Crippen LogP contribution >= 0.6 is 27.5 Å². The van der Waals surface area contributed by atoms with Gasteiger partial charge in [-0.25, -0.2) is 4.79 Å². The summed E-state index contributed by atoms with van der Waals surface area (Å²) < 4.78 is 5.80. The molecule has 0 spiro atoms. The van der Waals surface area contributed by atoms with E-state index in [-0.39, 0.29) is 0 Å². The quantitative estimate of drug-likeness (QED) is 0.870. The Bertz CT molecular complexity index is 415. The number of hydrogen-bond donors (Lipinski definition) is 1. The van der Waals surface area contributed by atoms with Crippen LogP contribution in [0, 0.1) is 0 Å². The lowest BCUT2D eigenvalue weighted by molar-refractivity contribution is -0.131. The smallest absolute Gasteiger partial charge is 0.328 e. The molecule has 0 amide bonds. The molecule has 0 heterocycles. The standard InChI is InChI=1S/C10H8BrClO3/c1-15-10-6(2-3-9(13)14)4-7(12)5-8(10)11/h2-5H,1H3,(H,13,14)/b3-2+. The lowest BCUT2D eigenvalue weighted by Crippen LogP contribution is -1.90. The van der Waals surface area contributed by atoms with Gasteiger partial charge in [-0.1, -0.05) is 11.6 Å². The van der Waals surface area contributed by atoms with Gasteiger partial charge < -0.3 is 9.84 Å². The zero-order valence-electron chi connectivity index (χ0n) is 7.83. The van der Waals surface area contributed by atoms with Crippen molar-refractivity contribution in [1.82, 2.24) is 0 Å². The van der Waals surface area contributed by atoms with Gasteiger partial charge in [0.25, 0.3) is 0 Å². The van der Waals surface area contributed by atoms with Crippen molar-refractivity contribution < 1.29 is 14.6 Å². The second-order valence-corrected chi connectivity index (χ2v) is 3.97. The fraction of sp³-hybridized carbons (Fsp3) is 0.100. The minimum absolute atomic E-state index is 0.507. The third-order valence-corrected chi connectivity index (χ3v) is 2.45. The van der Waals surface area contributed by atoms with E-state index < -0.39 is 5.97 Å². The van der Waals surface area contributed by atoms with Crippen LogP contribution in [0.5, 0.6) is 5.75 Å². The summed E-state index contributed by atoms with van der Waals surface area (Å²) in [5, 5.41) is 9.01. The van der Waals surface area contributed by atoms with Gasteiger partial charge in [-0.2, -0.15) is 0 Å². The minimum Gasteiger partial charge on any atom is -0.495 e. The summed E-state index contributed by atoms with van der Waals surface area (Å²) in [6, 6.07) is 3.31. The first kappa shape index (κ1) is 12.1. The summed E-state index contributed by atoms with van der Waals surface area (Å²) in [6.45, 7) is 0. The maximum Gasteiger partial charge on any atom is 0.328 e. The summed E-state index contributed by atoms with van der Waals surface area (Å²) in [4.78, 5) is 10.4. The second kappa shape index (κ2) is 5.19. The summed E-state index contributed by atoms with van der Waals surface area (Å²) in [7, 11) is 1.51. The van der Waals surface area contributed by atoms with E-state index in [1.165, 1.54) is 13.2 Å². The van der Waals surface area contributed by atoms with E-state index >= 15 is 0 Å². The Morgan fingerprint density at radius 1 is 1.60 bits per heavy atom. The molecule has 1 aromatic rings. The number of aliphatic carboxylic acids is 1. The zero-order chi connectivity index (χ0) is 11.4. The molecule has 1 aromatic carbocycles. The van der Waals surface area contributed by atoms with E-state index in [1.807, 2.05) is 0 Å². The van der Waals surface area contributed by atoms with Crippen molar-refractivity contribution in [3.05, 3.63) is 33.3 Å². The molecule has 0 aliphatic heterocycles. The summed E-state index contributed by atoms with van der Waals surface area (Å²) in [5.74, 6) is -0.468. The number of carboxylic acid groups (broad SMARTS) is 1. The molecule has 0 saturated carbocycles. The lowest BCUT2D eigenvalue weighted by Gasteiger charge is -2.07. The monoisotopic (exact) mass is 290 g/mol. The first-order chi connectivity index (χ1) is 7.04. The highest BCUT2D eigenvalue weighted by Gasteiger charge is 2.07. The second-order valence-electron chi connectivity index (χ2n) is 2.68. The van der Waals surface area contributed by atoms with Crippen molar-refractivity contribution in [3.63, 3.8) is 0 Å². The normalized spacial score (nSPS) is 10.6. The molecule has 0 aromatic heterocycles. The zero-order valence-corrected chi connectivity index (χ0v) is 10.2. The van der Waals surface area contributed by atoms with Crippen molar-refractivity contribution in [2.45, 2.75) is 0 Å². The van der Waals surface area contributed by atoms with Crippen LogP contribution in [0.15, 0.2) is 22.7 Å². The molecule has 0 bridgehead atoms. The summed E-state index contributed by atoms with van der Waals surface area (Å²) in [6.07, 6.45) is 2.46. The number of carboxylic acids is 1. The Morgan fingerprint density at radius 2 is 2.27 bits per heavy atom. The number of hydrogen-bond acceptors (Lipinski definition) is 2. The minimum atomic E-state index is -1.02. The van der Waals surface area contributed by atoms with Gasteiger partial charge in [0.05, 0.1) is 11.6 Å². The Morgan fingerprint density at radius 3 is 2.80 bits per heavy atom. The van der Waals surface area contributed by atoms with Crippen LogP contribution in [0.3, 0.4) is 0 Å². The highest BCUT2D eigenvalue weighted by molar-refractivity contribution is 9.10. The van der Waals surface area contributed by atoms with Gasteiger partial charge in [0, 0.05) is 16.7 Å². The highest BCUT2D eigenvalue weighted by atomic mass is 79.9. The Balaban J connectivity index is 3.20. The average Bonchev–Trinajstić information content (AvgIpc) is 2.13. The van der Waals surface area contributed by atoms with Gasteiger partial charge >= 0.3 is 5.97 Å². The topological polar surface area (TPSA) is 46.5 Å². The molecule has 1 N–H and O–H groups in total. The third kappa shape index (κ3) is 3.25. The number of benzene rings is 1. The predicted octanol–water partition coefficient (Wildman–Crippen LogP) is 3.21. The van der Waals surface area contributed by atoms with Gasteiger partial charge in [0.15, 0.2) is 0 Å². The molecule has 3 nitrogen and oxygen atoms in total. The van der Waals surface area contributed by atoms with Crippen LogP contribution in [-0.2, 0) is 4.79 Å². The van der Waals surface area contributed by atoms with Gasteiger partial charge in [0.2, 0.25) is 0 Å². The summed E-state index contributed by atoms with van der Waals surface area (Å²) in [5.41, 5.74) is 0.610. The van der Waals surface area contributed by atoms with Crippen LogP contribution in [0.1, 0.15) is 5.56 Å². The van der Waals surface area contributed by atoms with Crippen molar-refractivity contribution in [2.75, 3.05) is 7.11 Å². The van der Waals surface area contributed by atoms with Gasteiger partial charge in [-0.3, -0.25) is 0 Å². The molecule has 5 heteroatoms. The molecule has 0 fully saturated rings. The van der Waals surface area contributed by atoms with Gasteiger partial charge in [-0.05, 0) is 34.1 Å². The van der Waals surface area contributed by atoms with Crippen molar-refractivity contribution in [2.24, 2.45) is 0 Å². The van der Waals surface area contributed by atoms with Crippen molar-refractivity contribution in [3.8, 4) is 5.75 Å². The first-order valence-electron chi connectivity index (χ1n) is 3.98. The number of halogens is 2. The van der Waals surface area contributed by atoms with Crippen molar-refractivity contribution in [1.29, 1.82) is 0 Å². The number of ether oxygens (including phenoxy) is 1. The molecule has 80 valence electrons. The number of rotatable bonds is 3. The fourth-order valence-corrected chi connectivity index (χ4v) is 2.08. The van der Waals surface area contributed by atoms with E-state index in [2.05, 4.69) is 15.9 Å². The molecule has 15 heavy (non-hydrogen) atoms. The molecular weight excluding hydrogens is 283 g/mol. The Hall–Kier alpha value is -1.00. The van der Waals surface area contributed by atoms with Crippen molar-refractivity contribution >= 4 is 39.6 Å². The number of carbonyl (C=O) groups is 1. The SMILES string of the molecule is COc1c(Br)cc(Cl)cc1/C=C/C(=O)O. The Kier molecular flexibility index (Phi) is 4.17. The summed E-state index contributed by atoms with van der Waals surface area (Å²) >= 11 is 9.10. The molecular formula is C10H8BrClO3. The first-order valence-corrected chi connectivity index (χ1v) is 5.15. The molecule has 0 unspecified atom stereocenters. The van der Waals surface area contributed by atoms with Crippen LogP contribution in [0.2, 0.25) is 5.02 Å². The average molecular weight is 292 g/mol. The fourth-order valence-electron chi connectivity index (χ4n) is 1.08. The van der Waals surface area contributed by atoms with Gasteiger partial charge in [0.1, 0.15) is 5.75 Å². The van der Waals surface area contributed by atoms with E-state index in [9.17, 15) is 4.79 Å². The van der Waals surface area contributed by atoms with E-state index in [0.717, 1.165) is 6.08 Å².